The highest BCUT2D eigenvalue weighted by molar-refractivity contribution is 6.00. The molecule has 3 rings (SSSR count). The quantitative estimate of drug-likeness (QED) is 0.491. The van der Waals surface area contributed by atoms with E-state index >= 15 is 0 Å². The minimum absolute atomic E-state index is 0.0226. The van der Waals surface area contributed by atoms with Gasteiger partial charge in [0.15, 0.2) is 0 Å². The van der Waals surface area contributed by atoms with Crippen molar-refractivity contribution in [1.82, 2.24) is 14.5 Å². The summed E-state index contributed by atoms with van der Waals surface area (Å²) in [5, 5.41) is 29.5. The van der Waals surface area contributed by atoms with Gasteiger partial charge in [-0.1, -0.05) is 30.3 Å². The number of nitrogen functional groups attached to an aromatic ring is 1. The van der Waals surface area contributed by atoms with Gasteiger partial charge in [0, 0.05) is 11.8 Å². The second-order valence-corrected chi connectivity index (χ2v) is 6.08. The Hall–Kier alpha value is -2.52. The van der Waals surface area contributed by atoms with Gasteiger partial charge in [0.05, 0.1) is 18.1 Å². The largest absolute Gasteiger partial charge is 0.394 e. The predicted octanol–water partition coefficient (Wildman–Crippen LogP) is 0.757. The molecule has 26 heavy (non-hydrogen) atoms. The van der Waals surface area contributed by atoms with Crippen molar-refractivity contribution in [3.05, 3.63) is 42.9 Å². The molecule has 3 atom stereocenters. The van der Waals surface area contributed by atoms with Crippen LogP contribution in [0.3, 0.4) is 0 Å². The zero-order chi connectivity index (χ0) is 18.7. The van der Waals surface area contributed by atoms with Gasteiger partial charge in [0.1, 0.15) is 36.7 Å². The van der Waals surface area contributed by atoms with Gasteiger partial charge in [-0.25, -0.2) is 9.97 Å². The number of fused-ring (bicyclic) bond motifs is 1. The maximum atomic E-state index is 9.91. The number of anilines is 1. The fraction of sp³-hybridized carbons (Fsp3) is 0.333. The van der Waals surface area contributed by atoms with E-state index in [4.69, 9.17) is 10.5 Å². The molecule has 1 aromatic carbocycles. The number of aliphatic hydroxyl groups is 3. The zero-order valence-corrected chi connectivity index (χ0v) is 14.4. The third-order valence-corrected chi connectivity index (χ3v) is 4.25. The highest BCUT2D eigenvalue weighted by Gasteiger charge is 2.24. The van der Waals surface area contributed by atoms with Crippen molar-refractivity contribution in [1.29, 1.82) is 0 Å². The standard InChI is InChI=1S/C18H22N4O4/c1-11(24)16(25)14(8-23)26-10-22-7-13(12-5-3-2-4-6-12)15-17(19)20-9-21-18(15)22/h2-7,9,11,14,16,23-25H,8,10H2,1H3,(H2,19,20,21)/t11?,14-,16-/m1/s1. The highest BCUT2D eigenvalue weighted by atomic mass is 16.5. The molecule has 0 radical (unpaired) electrons. The zero-order valence-electron chi connectivity index (χ0n) is 14.4. The van der Waals surface area contributed by atoms with E-state index in [1.807, 2.05) is 36.5 Å². The molecule has 5 N–H and O–H groups in total. The van der Waals surface area contributed by atoms with E-state index in [0.717, 1.165) is 11.1 Å². The first-order chi connectivity index (χ1) is 12.5. The summed E-state index contributed by atoms with van der Waals surface area (Å²) < 4.78 is 7.33. The number of ether oxygens (including phenoxy) is 1. The molecule has 138 valence electrons. The van der Waals surface area contributed by atoms with Crippen LogP contribution in [-0.4, -0.2) is 54.8 Å². The van der Waals surface area contributed by atoms with Crippen molar-refractivity contribution >= 4 is 16.9 Å². The molecule has 0 aliphatic carbocycles. The monoisotopic (exact) mass is 358 g/mol. The van der Waals surface area contributed by atoms with E-state index < -0.39 is 24.9 Å². The molecule has 0 fully saturated rings. The molecular formula is C18H22N4O4. The molecule has 0 aliphatic heterocycles. The van der Waals surface area contributed by atoms with Crippen LogP contribution in [-0.2, 0) is 11.5 Å². The Morgan fingerprint density at radius 1 is 1.19 bits per heavy atom. The van der Waals surface area contributed by atoms with Crippen LogP contribution < -0.4 is 5.73 Å². The second-order valence-electron chi connectivity index (χ2n) is 6.08. The molecule has 0 aliphatic rings. The Kier molecular flexibility index (Phi) is 5.48. The topological polar surface area (TPSA) is 127 Å². The lowest BCUT2D eigenvalue weighted by atomic mass is 10.1. The minimum Gasteiger partial charge on any atom is -0.394 e. The second kappa shape index (κ2) is 7.79. The third kappa shape index (κ3) is 3.54. The summed E-state index contributed by atoms with van der Waals surface area (Å²) >= 11 is 0. The smallest absolute Gasteiger partial charge is 0.148 e. The van der Waals surface area contributed by atoms with Gasteiger partial charge in [-0.15, -0.1) is 0 Å². The number of hydrogen-bond acceptors (Lipinski definition) is 7. The van der Waals surface area contributed by atoms with Crippen LogP contribution in [0.25, 0.3) is 22.2 Å². The Bertz CT molecular complexity index is 866. The molecule has 0 amide bonds. The summed E-state index contributed by atoms with van der Waals surface area (Å²) in [4.78, 5) is 8.36. The minimum atomic E-state index is -1.20. The molecule has 2 aromatic heterocycles. The van der Waals surface area contributed by atoms with E-state index in [2.05, 4.69) is 9.97 Å². The van der Waals surface area contributed by atoms with Crippen LogP contribution in [0.5, 0.6) is 0 Å². The lowest BCUT2D eigenvalue weighted by Crippen LogP contribution is -2.40. The summed E-state index contributed by atoms with van der Waals surface area (Å²) in [5.41, 5.74) is 8.46. The summed E-state index contributed by atoms with van der Waals surface area (Å²) in [7, 11) is 0. The predicted molar refractivity (Wildman–Crippen MR) is 97.0 cm³/mol. The van der Waals surface area contributed by atoms with Crippen molar-refractivity contribution in [2.75, 3.05) is 12.3 Å². The Morgan fingerprint density at radius 2 is 1.92 bits per heavy atom. The van der Waals surface area contributed by atoms with Crippen molar-refractivity contribution < 1.29 is 20.1 Å². The van der Waals surface area contributed by atoms with E-state index in [-0.39, 0.29) is 6.73 Å². The molecule has 0 bridgehead atoms. The first-order valence-corrected chi connectivity index (χ1v) is 8.26. The molecule has 8 nitrogen and oxygen atoms in total. The average Bonchev–Trinajstić information content (AvgIpc) is 3.03. The molecule has 8 heteroatoms. The molecule has 3 aromatic rings. The van der Waals surface area contributed by atoms with Crippen LogP contribution >= 0.6 is 0 Å². The van der Waals surface area contributed by atoms with Gasteiger partial charge >= 0.3 is 0 Å². The number of aromatic nitrogens is 3. The number of benzene rings is 1. The van der Waals surface area contributed by atoms with Crippen LogP contribution in [0.2, 0.25) is 0 Å². The number of nitrogens with two attached hydrogens (primary N) is 1. The van der Waals surface area contributed by atoms with Crippen molar-refractivity contribution in [3.8, 4) is 11.1 Å². The molecule has 2 heterocycles. The van der Waals surface area contributed by atoms with Crippen molar-refractivity contribution in [2.45, 2.75) is 32.0 Å². The first-order valence-electron chi connectivity index (χ1n) is 8.26. The van der Waals surface area contributed by atoms with Gasteiger partial charge in [-0.3, -0.25) is 0 Å². The number of nitrogens with zero attached hydrogens (tertiary/aromatic N) is 3. The average molecular weight is 358 g/mol. The number of hydrogen-bond donors (Lipinski definition) is 4. The van der Waals surface area contributed by atoms with Gasteiger partial charge in [0.2, 0.25) is 0 Å². The summed E-state index contributed by atoms with van der Waals surface area (Å²) in [5.74, 6) is 0.357. The van der Waals surface area contributed by atoms with Crippen LogP contribution in [0.15, 0.2) is 42.9 Å². The molecule has 1 unspecified atom stereocenters. The van der Waals surface area contributed by atoms with Crippen molar-refractivity contribution in [3.63, 3.8) is 0 Å². The molecular weight excluding hydrogens is 336 g/mol. The van der Waals surface area contributed by atoms with Gasteiger partial charge in [-0.05, 0) is 12.5 Å². The number of aliphatic hydroxyl groups excluding tert-OH is 3. The van der Waals surface area contributed by atoms with Gasteiger partial charge in [-0.2, -0.15) is 0 Å². The van der Waals surface area contributed by atoms with Gasteiger partial charge < -0.3 is 30.4 Å². The third-order valence-electron chi connectivity index (χ3n) is 4.25. The summed E-state index contributed by atoms with van der Waals surface area (Å²) in [6.07, 6.45) is 0.0686. The van der Waals surface area contributed by atoms with Crippen LogP contribution in [0, 0.1) is 0 Å². The lowest BCUT2D eigenvalue weighted by molar-refractivity contribution is -0.119. The number of rotatable bonds is 7. The molecule has 0 spiro atoms. The van der Waals surface area contributed by atoms with Crippen LogP contribution in [0.4, 0.5) is 5.82 Å². The van der Waals surface area contributed by atoms with Crippen LogP contribution in [0.1, 0.15) is 6.92 Å². The Balaban J connectivity index is 1.96. The van der Waals surface area contributed by atoms with E-state index in [1.165, 1.54) is 13.3 Å². The summed E-state index contributed by atoms with van der Waals surface area (Å²) in [6, 6.07) is 9.70. The fourth-order valence-corrected chi connectivity index (χ4v) is 2.83. The highest BCUT2D eigenvalue weighted by Crippen LogP contribution is 2.32. The maximum absolute atomic E-state index is 9.91. The molecule has 0 saturated heterocycles. The maximum Gasteiger partial charge on any atom is 0.148 e. The van der Waals surface area contributed by atoms with Crippen molar-refractivity contribution in [2.24, 2.45) is 0 Å². The van der Waals surface area contributed by atoms with E-state index in [9.17, 15) is 15.3 Å². The SMILES string of the molecule is CC(O)[C@@H](O)[C@@H](CO)OCn1cc(-c2ccccc2)c2c(N)ncnc21. The fourth-order valence-electron chi connectivity index (χ4n) is 2.83. The first kappa shape index (κ1) is 18.3. The Labute approximate surface area is 150 Å². The summed E-state index contributed by atoms with van der Waals surface area (Å²) in [6.45, 7) is 1.03. The molecule has 0 saturated carbocycles. The normalized spacial score (nSPS) is 15.1. The lowest BCUT2D eigenvalue weighted by Gasteiger charge is -2.23. The van der Waals surface area contributed by atoms with E-state index in [1.54, 1.807) is 4.57 Å². The van der Waals surface area contributed by atoms with E-state index in [0.29, 0.717) is 16.9 Å². The Morgan fingerprint density at radius 3 is 2.58 bits per heavy atom. The van der Waals surface area contributed by atoms with Gasteiger partial charge in [0.25, 0.3) is 0 Å².